The zero-order chi connectivity index (χ0) is 12.1. The van der Waals surface area contributed by atoms with E-state index in [4.69, 9.17) is 5.11 Å². The first-order valence-corrected chi connectivity index (χ1v) is 4.84. The number of esters is 1. The molecule has 0 bridgehead atoms. The molecule has 0 saturated carbocycles. The van der Waals surface area contributed by atoms with Crippen LogP contribution in [0.2, 0.25) is 0 Å². The topological polar surface area (TPSA) is 105 Å². The number of hydrogen-bond acceptors (Lipinski definition) is 5. The number of carboxylic acid groups (broad SMARTS) is 1. The van der Waals surface area contributed by atoms with Crippen molar-refractivity contribution >= 4 is 17.8 Å². The Morgan fingerprint density at radius 2 is 2.31 bits per heavy atom. The highest BCUT2D eigenvalue weighted by molar-refractivity contribution is 5.81. The van der Waals surface area contributed by atoms with Crippen molar-refractivity contribution in [1.29, 1.82) is 0 Å². The maximum Gasteiger partial charge on any atom is 0.319 e. The third kappa shape index (κ3) is 3.50. The Bertz CT molecular complexity index is 304. The van der Waals surface area contributed by atoms with E-state index in [1.54, 1.807) is 0 Å². The normalized spacial score (nSPS) is 23.9. The predicted octanol–water partition coefficient (Wildman–Crippen LogP) is -1.52. The third-order valence-corrected chi connectivity index (χ3v) is 2.37. The summed E-state index contributed by atoms with van der Waals surface area (Å²) in [5.41, 5.74) is 0. The molecule has 0 radical (unpaired) electrons. The van der Waals surface area contributed by atoms with Crippen molar-refractivity contribution in [3.05, 3.63) is 0 Å². The van der Waals surface area contributed by atoms with E-state index in [1.165, 1.54) is 7.11 Å². The van der Waals surface area contributed by atoms with Gasteiger partial charge >= 0.3 is 11.9 Å². The summed E-state index contributed by atoms with van der Waals surface area (Å²) >= 11 is 0. The van der Waals surface area contributed by atoms with Gasteiger partial charge in [0, 0.05) is 12.5 Å². The zero-order valence-electron chi connectivity index (χ0n) is 8.86. The van der Waals surface area contributed by atoms with Crippen LogP contribution in [0.4, 0.5) is 0 Å². The van der Waals surface area contributed by atoms with Gasteiger partial charge < -0.3 is 20.5 Å². The van der Waals surface area contributed by atoms with Crippen LogP contribution >= 0.6 is 0 Å². The Labute approximate surface area is 92.1 Å². The van der Waals surface area contributed by atoms with E-state index in [0.717, 1.165) is 0 Å². The largest absolute Gasteiger partial charge is 0.481 e. The maximum absolute atomic E-state index is 11.1. The molecule has 16 heavy (non-hydrogen) atoms. The van der Waals surface area contributed by atoms with Gasteiger partial charge in [-0.2, -0.15) is 0 Å². The maximum atomic E-state index is 11.1. The molecule has 0 aromatic heterocycles. The lowest BCUT2D eigenvalue weighted by Crippen LogP contribution is -2.44. The molecular weight excluding hydrogens is 216 g/mol. The lowest BCUT2D eigenvalue weighted by Gasteiger charge is -2.17. The molecule has 1 aliphatic rings. The molecule has 0 aromatic carbocycles. The van der Waals surface area contributed by atoms with Crippen LogP contribution in [-0.4, -0.2) is 48.7 Å². The molecule has 0 aliphatic carbocycles. The smallest absolute Gasteiger partial charge is 0.319 e. The van der Waals surface area contributed by atoms with Gasteiger partial charge in [-0.15, -0.1) is 0 Å². The molecule has 0 spiro atoms. The Morgan fingerprint density at radius 3 is 2.88 bits per heavy atom. The number of hydrogen-bond donors (Lipinski definition) is 3. The monoisotopic (exact) mass is 230 g/mol. The lowest BCUT2D eigenvalue weighted by molar-refractivity contribution is -0.139. The first-order chi connectivity index (χ1) is 7.52. The van der Waals surface area contributed by atoms with Crippen LogP contribution in [0.15, 0.2) is 0 Å². The van der Waals surface area contributed by atoms with Crippen LogP contribution in [0, 0.1) is 0 Å². The highest BCUT2D eigenvalue weighted by atomic mass is 16.5. The number of carbonyl (C=O) groups excluding carboxylic acids is 2. The second-order valence-corrected chi connectivity index (χ2v) is 3.54. The van der Waals surface area contributed by atoms with Gasteiger partial charge in [0.1, 0.15) is 0 Å². The molecule has 0 aromatic rings. The van der Waals surface area contributed by atoms with E-state index in [9.17, 15) is 14.4 Å². The fourth-order valence-electron chi connectivity index (χ4n) is 1.59. The number of carbonyl (C=O) groups is 3. The van der Waals surface area contributed by atoms with Crippen LogP contribution in [-0.2, 0) is 19.1 Å². The minimum Gasteiger partial charge on any atom is -0.481 e. The number of nitrogens with one attached hydrogen (secondary N) is 2. The van der Waals surface area contributed by atoms with Gasteiger partial charge in [-0.3, -0.25) is 14.4 Å². The average Bonchev–Trinajstić information content (AvgIpc) is 2.54. The van der Waals surface area contributed by atoms with Crippen molar-refractivity contribution in [3.63, 3.8) is 0 Å². The van der Waals surface area contributed by atoms with Gasteiger partial charge in [0.05, 0.1) is 26.1 Å². The summed E-state index contributed by atoms with van der Waals surface area (Å²) < 4.78 is 4.43. The SMILES string of the molecule is COC(=O)CN[C@@H]1CC(=O)N[C@H]1CC(=O)O. The van der Waals surface area contributed by atoms with Crippen LogP contribution in [0.5, 0.6) is 0 Å². The Hall–Kier alpha value is -1.63. The van der Waals surface area contributed by atoms with Crippen LogP contribution in [0.1, 0.15) is 12.8 Å². The summed E-state index contributed by atoms with van der Waals surface area (Å²) in [6.07, 6.45) is 0.0134. The average molecular weight is 230 g/mol. The highest BCUT2D eigenvalue weighted by Crippen LogP contribution is 2.11. The molecular formula is C9H14N2O5. The number of carboxylic acids is 1. The predicted molar refractivity (Wildman–Crippen MR) is 52.6 cm³/mol. The van der Waals surface area contributed by atoms with Crippen molar-refractivity contribution in [2.75, 3.05) is 13.7 Å². The number of rotatable bonds is 5. The first kappa shape index (κ1) is 12.4. The number of aliphatic carboxylic acids is 1. The van der Waals surface area contributed by atoms with Gasteiger partial charge in [-0.05, 0) is 0 Å². The Morgan fingerprint density at radius 1 is 1.62 bits per heavy atom. The standard InChI is InChI=1S/C9H14N2O5/c1-16-9(15)4-10-5-2-7(12)11-6(5)3-8(13)14/h5-6,10H,2-4H2,1H3,(H,11,12)(H,13,14)/t5-,6+/m1/s1. The molecule has 0 unspecified atom stereocenters. The first-order valence-electron chi connectivity index (χ1n) is 4.84. The van der Waals surface area contributed by atoms with Crippen molar-refractivity contribution in [1.82, 2.24) is 10.6 Å². The van der Waals surface area contributed by atoms with Crippen LogP contribution in [0.25, 0.3) is 0 Å². The van der Waals surface area contributed by atoms with Crippen LogP contribution in [0.3, 0.4) is 0 Å². The lowest BCUT2D eigenvalue weighted by atomic mass is 10.1. The summed E-state index contributed by atoms with van der Waals surface area (Å²) in [5, 5.41) is 14.0. The zero-order valence-corrected chi connectivity index (χ0v) is 8.86. The van der Waals surface area contributed by atoms with Crippen molar-refractivity contribution in [2.24, 2.45) is 0 Å². The number of ether oxygens (including phenoxy) is 1. The van der Waals surface area contributed by atoms with E-state index in [2.05, 4.69) is 15.4 Å². The van der Waals surface area contributed by atoms with Crippen molar-refractivity contribution in [2.45, 2.75) is 24.9 Å². The van der Waals surface area contributed by atoms with Gasteiger partial charge in [0.2, 0.25) is 5.91 Å². The minimum atomic E-state index is -0.989. The number of amides is 1. The highest BCUT2D eigenvalue weighted by Gasteiger charge is 2.33. The number of methoxy groups -OCH3 is 1. The Kier molecular flexibility index (Phi) is 4.24. The van der Waals surface area contributed by atoms with Gasteiger partial charge in [0.25, 0.3) is 0 Å². The molecule has 1 rings (SSSR count). The molecule has 7 nitrogen and oxygen atoms in total. The fraction of sp³-hybridized carbons (Fsp3) is 0.667. The molecule has 3 N–H and O–H groups in total. The van der Waals surface area contributed by atoms with E-state index in [1.807, 2.05) is 0 Å². The molecule has 1 amide bonds. The van der Waals surface area contributed by atoms with E-state index in [0.29, 0.717) is 0 Å². The van der Waals surface area contributed by atoms with Gasteiger partial charge in [0.15, 0.2) is 0 Å². The van der Waals surface area contributed by atoms with Crippen molar-refractivity contribution in [3.8, 4) is 0 Å². The van der Waals surface area contributed by atoms with Crippen molar-refractivity contribution < 1.29 is 24.2 Å². The fourth-order valence-corrected chi connectivity index (χ4v) is 1.59. The summed E-state index contributed by atoms with van der Waals surface area (Å²) in [6.45, 7) is -0.0355. The molecule has 7 heteroatoms. The summed E-state index contributed by atoms with van der Waals surface area (Å²) in [4.78, 5) is 32.5. The molecule has 1 heterocycles. The van der Waals surface area contributed by atoms with E-state index < -0.39 is 18.0 Å². The quantitative estimate of drug-likeness (QED) is 0.495. The molecule has 90 valence electrons. The second-order valence-electron chi connectivity index (χ2n) is 3.54. The van der Waals surface area contributed by atoms with Gasteiger partial charge in [-0.25, -0.2) is 0 Å². The molecule has 1 saturated heterocycles. The Balaban J connectivity index is 2.46. The minimum absolute atomic E-state index is 0.0355. The molecule has 2 atom stereocenters. The third-order valence-electron chi connectivity index (χ3n) is 2.37. The second kappa shape index (κ2) is 5.45. The summed E-state index contributed by atoms with van der Waals surface area (Å²) in [5.74, 6) is -1.65. The summed E-state index contributed by atoms with van der Waals surface area (Å²) in [6, 6.07) is -0.822. The molecule has 1 aliphatic heterocycles. The molecule has 1 fully saturated rings. The summed E-state index contributed by atoms with van der Waals surface area (Å²) in [7, 11) is 1.26. The van der Waals surface area contributed by atoms with Crippen LogP contribution < -0.4 is 10.6 Å². The van der Waals surface area contributed by atoms with E-state index in [-0.39, 0.29) is 31.3 Å². The van der Waals surface area contributed by atoms with E-state index >= 15 is 0 Å². The van der Waals surface area contributed by atoms with Gasteiger partial charge in [-0.1, -0.05) is 0 Å².